The predicted molar refractivity (Wildman–Crippen MR) is 111 cm³/mol. The fraction of sp³-hybridized carbons (Fsp3) is 0.500. The van der Waals surface area contributed by atoms with Gasteiger partial charge in [-0.3, -0.25) is 9.48 Å². The zero-order valence-electron chi connectivity index (χ0n) is 16.8. The Bertz CT molecular complexity index is 1020. The lowest BCUT2D eigenvalue weighted by Gasteiger charge is -2.28. The van der Waals surface area contributed by atoms with Gasteiger partial charge in [-0.1, -0.05) is 11.8 Å². The number of aromatic nitrogens is 5. The van der Waals surface area contributed by atoms with Gasteiger partial charge in [-0.2, -0.15) is 5.10 Å². The molecule has 1 aliphatic rings. The highest BCUT2D eigenvalue weighted by Crippen LogP contribution is 2.33. The van der Waals surface area contributed by atoms with Crippen molar-refractivity contribution in [2.24, 2.45) is 14.1 Å². The molecule has 7 nitrogen and oxygen atoms in total. The first kappa shape index (κ1) is 19.0. The smallest absolute Gasteiger partial charge is 0.252 e. The molecular formula is C20H26N6OS. The SMILES string of the molecule is Cc1cc(C(=O)NC2CCC(Sc3nccn3C)CC2)c2c(C)nn(C)c2n1. The van der Waals surface area contributed by atoms with Crippen molar-refractivity contribution in [2.45, 2.75) is 56.0 Å². The second-order valence-corrected chi connectivity index (χ2v) is 8.87. The van der Waals surface area contributed by atoms with Gasteiger partial charge >= 0.3 is 0 Å². The Labute approximate surface area is 168 Å². The van der Waals surface area contributed by atoms with Crippen molar-refractivity contribution in [2.75, 3.05) is 0 Å². The topological polar surface area (TPSA) is 77.6 Å². The molecule has 3 heterocycles. The van der Waals surface area contributed by atoms with E-state index in [1.54, 1.807) is 4.68 Å². The monoisotopic (exact) mass is 398 g/mol. The largest absolute Gasteiger partial charge is 0.349 e. The van der Waals surface area contributed by atoms with Gasteiger partial charge in [0, 0.05) is 43.5 Å². The normalized spacial score (nSPS) is 19.9. The van der Waals surface area contributed by atoms with Gasteiger partial charge < -0.3 is 9.88 Å². The van der Waals surface area contributed by atoms with Crippen molar-refractivity contribution in [1.29, 1.82) is 0 Å². The van der Waals surface area contributed by atoms with Crippen LogP contribution in [0.2, 0.25) is 0 Å². The van der Waals surface area contributed by atoms with Gasteiger partial charge in [0.05, 0.1) is 16.6 Å². The minimum absolute atomic E-state index is 0.0215. The van der Waals surface area contributed by atoms with Crippen LogP contribution < -0.4 is 5.32 Å². The summed E-state index contributed by atoms with van der Waals surface area (Å²) in [5.41, 5.74) is 3.11. The van der Waals surface area contributed by atoms with Crippen LogP contribution in [-0.2, 0) is 14.1 Å². The number of nitrogens with one attached hydrogen (secondary N) is 1. The molecule has 1 N–H and O–H groups in total. The number of amides is 1. The van der Waals surface area contributed by atoms with Crippen LogP contribution in [0.5, 0.6) is 0 Å². The lowest BCUT2D eigenvalue weighted by Crippen LogP contribution is -2.38. The highest BCUT2D eigenvalue weighted by Gasteiger charge is 2.26. The number of imidazole rings is 1. The molecule has 0 bridgehead atoms. The van der Waals surface area contributed by atoms with Gasteiger partial charge in [0.2, 0.25) is 0 Å². The maximum Gasteiger partial charge on any atom is 0.252 e. The molecule has 1 fully saturated rings. The number of rotatable bonds is 4. The quantitative estimate of drug-likeness (QED) is 0.730. The lowest BCUT2D eigenvalue weighted by atomic mass is 9.94. The summed E-state index contributed by atoms with van der Waals surface area (Å²) in [6.07, 6.45) is 7.97. The van der Waals surface area contributed by atoms with Crippen LogP contribution in [0.1, 0.15) is 47.4 Å². The number of pyridine rings is 1. The Morgan fingerprint density at radius 2 is 1.96 bits per heavy atom. The van der Waals surface area contributed by atoms with Crippen LogP contribution in [-0.4, -0.2) is 41.5 Å². The molecule has 0 radical (unpaired) electrons. The molecule has 0 unspecified atom stereocenters. The van der Waals surface area contributed by atoms with E-state index in [4.69, 9.17) is 0 Å². The molecule has 0 atom stereocenters. The first-order valence-electron chi connectivity index (χ1n) is 9.68. The number of hydrogen-bond acceptors (Lipinski definition) is 5. The zero-order valence-corrected chi connectivity index (χ0v) is 17.6. The molecule has 28 heavy (non-hydrogen) atoms. The fourth-order valence-corrected chi connectivity index (χ4v) is 5.11. The van der Waals surface area contributed by atoms with Crippen LogP contribution in [0.15, 0.2) is 23.6 Å². The van der Waals surface area contributed by atoms with Gasteiger partial charge in [-0.25, -0.2) is 9.97 Å². The summed E-state index contributed by atoms with van der Waals surface area (Å²) < 4.78 is 3.81. The molecule has 1 saturated carbocycles. The van der Waals surface area contributed by atoms with E-state index in [9.17, 15) is 4.79 Å². The highest BCUT2D eigenvalue weighted by molar-refractivity contribution is 7.99. The van der Waals surface area contributed by atoms with E-state index < -0.39 is 0 Å². The van der Waals surface area contributed by atoms with Crippen molar-refractivity contribution < 1.29 is 4.79 Å². The van der Waals surface area contributed by atoms with E-state index in [2.05, 4.69) is 25.0 Å². The third kappa shape index (κ3) is 3.65. The summed E-state index contributed by atoms with van der Waals surface area (Å²) in [5.74, 6) is -0.0215. The first-order chi connectivity index (χ1) is 13.4. The molecular weight excluding hydrogens is 372 g/mol. The van der Waals surface area contributed by atoms with E-state index in [1.807, 2.05) is 58.2 Å². The second-order valence-electron chi connectivity index (χ2n) is 7.60. The van der Waals surface area contributed by atoms with Crippen molar-refractivity contribution in [3.63, 3.8) is 0 Å². The van der Waals surface area contributed by atoms with Crippen LogP contribution in [0, 0.1) is 13.8 Å². The first-order valence-corrected chi connectivity index (χ1v) is 10.6. The Balaban J connectivity index is 1.43. The number of fused-ring (bicyclic) bond motifs is 1. The molecule has 0 aromatic carbocycles. The van der Waals surface area contributed by atoms with Crippen molar-refractivity contribution in [1.82, 2.24) is 29.6 Å². The summed E-state index contributed by atoms with van der Waals surface area (Å²) in [5, 5.41) is 10.2. The number of nitrogens with zero attached hydrogens (tertiary/aromatic N) is 5. The average molecular weight is 399 g/mol. The molecule has 0 saturated heterocycles. The summed E-state index contributed by atoms with van der Waals surface area (Å²) in [6.45, 7) is 3.84. The van der Waals surface area contributed by atoms with Crippen molar-refractivity contribution >= 4 is 28.7 Å². The Morgan fingerprint density at radius 1 is 1.21 bits per heavy atom. The number of hydrogen-bond donors (Lipinski definition) is 1. The molecule has 8 heteroatoms. The van der Waals surface area contributed by atoms with Gasteiger partial charge in [0.25, 0.3) is 5.91 Å². The summed E-state index contributed by atoms with van der Waals surface area (Å²) >= 11 is 1.84. The molecule has 3 aromatic rings. The van der Waals surface area contributed by atoms with Crippen LogP contribution in [0.25, 0.3) is 11.0 Å². The minimum atomic E-state index is -0.0215. The van der Waals surface area contributed by atoms with Crippen LogP contribution >= 0.6 is 11.8 Å². The maximum atomic E-state index is 13.0. The van der Waals surface area contributed by atoms with E-state index in [-0.39, 0.29) is 11.9 Å². The second kappa shape index (κ2) is 7.58. The number of aryl methyl sites for hydroxylation is 4. The molecule has 0 spiro atoms. The number of carbonyl (C=O) groups excluding carboxylic acids is 1. The van der Waals surface area contributed by atoms with Gasteiger partial charge in [-0.05, 0) is 45.6 Å². The summed E-state index contributed by atoms with van der Waals surface area (Å²) in [4.78, 5) is 22.0. The lowest BCUT2D eigenvalue weighted by molar-refractivity contribution is 0.0929. The Hall–Kier alpha value is -2.35. The average Bonchev–Trinajstić information content (AvgIpc) is 3.19. The van der Waals surface area contributed by atoms with E-state index >= 15 is 0 Å². The molecule has 1 amide bonds. The molecule has 3 aromatic heterocycles. The Morgan fingerprint density at radius 3 is 2.64 bits per heavy atom. The van der Waals surface area contributed by atoms with Gasteiger partial charge in [0.1, 0.15) is 0 Å². The van der Waals surface area contributed by atoms with E-state index in [0.717, 1.165) is 53.3 Å². The standard InChI is InChI=1S/C20H26N6OS/c1-12-11-16(17-13(2)24-26(4)18(17)22-12)19(27)23-14-5-7-15(8-6-14)28-20-21-9-10-25(20)3/h9-11,14-15H,5-8H2,1-4H3,(H,23,27). The third-order valence-electron chi connectivity index (χ3n) is 5.40. The summed E-state index contributed by atoms with van der Waals surface area (Å²) in [6, 6.07) is 2.08. The van der Waals surface area contributed by atoms with E-state index in [0.29, 0.717) is 10.8 Å². The Kier molecular flexibility index (Phi) is 5.14. The maximum absolute atomic E-state index is 13.0. The predicted octanol–water partition coefficient (Wildman–Crippen LogP) is 3.15. The van der Waals surface area contributed by atoms with Crippen LogP contribution in [0.4, 0.5) is 0 Å². The van der Waals surface area contributed by atoms with Crippen molar-refractivity contribution in [3.8, 4) is 0 Å². The highest BCUT2D eigenvalue weighted by atomic mass is 32.2. The van der Waals surface area contributed by atoms with Gasteiger partial charge in [-0.15, -0.1) is 0 Å². The minimum Gasteiger partial charge on any atom is -0.349 e. The molecule has 148 valence electrons. The number of thioether (sulfide) groups is 1. The fourth-order valence-electron chi connectivity index (χ4n) is 3.95. The molecule has 4 rings (SSSR count). The van der Waals surface area contributed by atoms with E-state index in [1.165, 1.54) is 0 Å². The van der Waals surface area contributed by atoms with Crippen LogP contribution in [0.3, 0.4) is 0 Å². The number of carbonyl (C=O) groups is 1. The molecule has 0 aliphatic heterocycles. The zero-order chi connectivity index (χ0) is 19.8. The molecule has 1 aliphatic carbocycles. The van der Waals surface area contributed by atoms with Gasteiger partial charge in [0.15, 0.2) is 10.8 Å². The van der Waals surface area contributed by atoms with Crippen molar-refractivity contribution in [3.05, 3.63) is 35.4 Å². The third-order valence-corrected chi connectivity index (χ3v) is 6.81. The summed E-state index contributed by atoms with van der Waals surface area (Å²) in [7, 11) is 3.89.